The fourth-order valence-corrected chi connectivity index (χ4v) is 5.62. The Morgan fingerprint density at radius 3 is 2.31 bits per heavy atom. The van der Waals surface area contributed by atoms with Crippen LogP contribution in [0.15, 0.2) is 78.9 Å². The molecular formula is C27H28O4S. The number of fused-ring (bicyclic) bond motifs is 1. The molecule has 1 aliphatic rings. The Kier molecular flexibility index (Phi) is 7.38. The van der Waals surface area contributed by atoms with Crippen LogP contribution in [0, 0.1) is 0 Å². The van der Waals surface area contributed by atoms with E-state index in [1.807, 2.05) is 17.8 Å². The molecule has 2 atom stereocenters. The van der Waals surface area contributed by atoms with Crippen molar-refractivity contribution in [2.75, 3.05) is 19.0 Å². The third kappa shape index (κ3) is 5.28. The molecule has 0 saturated heterocycles. The van der Waals surface area contributed by atoms with E-state index in [9.17, 15) is 4.79 Å². The average Bonchev–Trinajstić information content (AvgIpc) is 3.23. The van der Waals surface area contributed by atoms with E-state index in [0.29, 0.717) is 35.2 Å². The number of ether oxygens (including phenoxy) is 2. The van der Waals surface area contributed by atoms with Gasteiger partial charge in [-0.2, -0.15) is 11.8 Å². The molecule has 2 unspecified atom stereocenters. The van der Waals surface area contributed by atoms with Crippen molar-refractivity contribution >= 4 is 17.7 Å². The summed E-state index contributed by atoms with van der Waals surface area (Å²) in [6.45, 7) is 2.56. The lowest BCUT2D eigenvalue weighted by Crippen LogP contribution is -2.15. The zero-order valence-electron chi connectivity index (χ0n) is 18.1. The van der Waals surface area contributed by atoms with Crippen molar-refractivity contribution in [3.05, 3.63) is 95.6 Å². The van der Waals surface area contributed by atoms with Crippen LogP contribution in [-0.4, -0.2) is 35.3 Å². The van der Waals surface area contributed by atoms with Gasteiger partial charge in [0.05, 0.1) is 6.61 Å². The molecule has 166 valence electrons. The van der Waals surface area contributed by atoms with Crippen molar-refractivity contribution < 1.29 is 19.4 Å². The molecule has 5 heteroatoms. The normalized spacial score (nSPS) is 15.8. The predicted octanol–water partition coefficient (Wildman–Crippen LogP) is 5.97. The molecular weight excluding hydrogens is 420 g/mol. The number of rotatable bonds is 10. The van der Waals surface area contributed by atoms with Crippen LogP contribution < -0.4 is 9.47 Å². The van der Waals surface area contributed by atoms with Crippen LogP contribution in [-0.2, 0) is 4.79 Å². The van der Waals surface area contributed by atoms with E-state index in [1.165, 1.54) is 11.1 Å². The number of para-hydroxylation sites is 1. The Morgan fingerprint density at radius 2 is 1.69 bits per heavy atom. The van der Waals surface area contributed by atoms with E-state index < -0.39 is 5.97 Å². The SMILES string of the molecule is CC(SCCC1COc2c(OCC(=O)O)cccc21)C(c1ccccc1)c1ccccc1. The molecule has 1 N–H and O–H groups in total. The fraction of sp³-hybridized carbons (Fsp3) is 0.296. The van der Waals surface area contributed by atoms with E-state index in [0.717, 1.165) is 17.7 Å². The molecule has 4 nitrogen and oxygen atoms in total. The number of thioether (sulfide) groups is 1. The Balaban J connectivity index is 1.40. The number of hydrogen-bond donors (Lipinski definition) is 1. The molecule has 0 aliphatic carbocycles. The van der Waals surface area contributed by atoms with Crippen molar-refractivity contribution in [3.63, 3.8) is 0 Å². The molecule has 0 amide bonds. The maximum absolute atomic E-state index is 10.8. The predicted molar refractivity (Wildman–Crippen MR) is 129 cm³/mol. The molecule has 3 aromatic rings. The summed E-state index contributed by atoms with van der Waals surface area (Å²) in [6, 6.07) is 27.2. The number of carboxylic acids is 1. The fourth-order valence-electron chi connectivity index (χ4n) is 4.32. The molecule has 32 heavy (non-hydrogen) atoms. The number of carboxylic acid groups (broad SMARTS) is 1. The lowest BCUT2D eigenvalue weighted by atomic mass is 9.89. The van der Waals surface area contributed by atoms with Gasteiger partial charge in [0.15, 0.2) is 18.1 Å². The van der Waals surface area contributed by atoms with Gasteiger partial charge in [-0.05, 0) is 29.4 Å². The molecule has 1 heterocycles. The highest BCUT2D eigenvalue weighted by molar-refractivity contribution is 7.99. The molecule has 0 fully saturated rings. The minimum absolute atomic E-state index is 0.296. The molecule has 0 bridgehead atoms. The minimum atomic E-state index is -0.992. The van der Waals surface area contributed by atoms with Gasteiger partial charge >= 0.3 is 5.97 Å². The second-order valence-electron chi connectivity index (χ2n) is 8.03. The maximum Gasteiger partial charge on any atom is 0.341 e. The van der Waals surface area contributed by atoms with Crippen LogP contribution in [0.4, 0.5) is 0 Å². The van der Waals surface area contributed by atoms with Crippen LogP contribution in [0.2, 0.25) is 0 Å². The quantitative estimate of drug-likeness (QED) is 0.414. The number of benzene rings is 3. The first-order valence-corrected chi connectivity index (χ1v) is 12.0. The first-order chi connectivity index (χ1) is 15.6. The van der Waals surface area contributed by atoms with Gasteiger partial charge in [0.1, 0.15) is 0 Å². The summed E-state index contributed by atoms with van der Waals surface area (Å²) in [5.41, 5.74) is 3.80. The van der Waals surface area contributed by atoms with Gasteiger partial charge in [-0.25, -0.2) is 4.79 Å². The smallest absolute Gasteiger partial charge is 0.341 e. The molecule has 0 spiro atoms. The van der Waals surface area contributed by atoms with E-state index in [-0.39, 0.29) is 6.61 Å². The van der Waals surface area contributed by atoms with Crippen LogP contribution in [0.5, 0.6) is 11.5 Å². The zero-order chi connectivity index (χ0) is 22.3. The first-order valence-electron chi connectivity index (χ1n) is 10.9. The Morgan fingerprint density at radius 1 is 1.03 bits per heavy atom. The molecule has 3 aromatic carbocycles. The highest BCUT2D eigenvalue weighted by Crippen LogP contribution is 2.43. The van der Waals surface area contributed by atoms with Crippen LogP contribution in [0.3, 0.4) is 0 Å². The molecule has 4 rings (SSSR count). The zero-order valence-corrected chi connectivity index (χ0v) is 19.0. The highest BCUT2D eigenvalue weighted by atomic mass is 32.2. The highest BCUT2D eigenvalue weighted by Gasteiger charge is 2.28. The standard InChI is InChI=1S/C27H28O4S/c1-19(26(20-9-4-2-5-10-20)21-11-6-3-7-12-21)32-16-15-22-17-31-27-23(22)13-8-14-24(27)30-18-25(28)29/h2-14,19,22,26H,15-18H2,1H3,(H,28,29). The third-order valence-electron chi connectivity index (χ3n) is 5.86. The Labute approximate surface area is 193 Å². The van der Waals surface area contributed by atoms with E-state index >= 15 is 0 Å². The monoisotopic (exact) mass is 448 g/mol. The summed E-state index contributed by atoms with van der Waals surface area (Å²) >= 11 is 1.99. The summed E-state index contributed by atoms with van der Waals surface area (Å²) in [4.78, 5) is 10.8. The van der Waals surface area contributed by atoms with Crippen molar-refractivity contribution in [2.45, 2.75) is 30.4 Å². The Bertz CT molecular complexity index is 983. The number of carbonyl (C=O) groups is 1. The van der Waals surface area contributed by atoms with Gasteiger partial charge in [0.25, 0.3) is 0 Å². The van der Waals surface area contributed by atoms with Gasteiger partial charge < -0.3 is 14.6 Å². The first kappa shape index (κ1) is 22.3. The van der Waals surface area contributed by atoms with Crippen LogP contribution in [0.25, 0.3) is 0 Å². The van der Waals surface area contributed by atoms with Crippen molar-refractivity contribution in [1.82, 2.24) is 0 Å². The molecule has 1 aliphatic heterocycles. The summed E-state index contributed by atoms with van der Waals surface area (Å²) in [5.74, 6) is 1.87. The van der Waals surface area contributed by atoms with Crippen molar-refractivity contribution in [3.8, 4) is 11.5 Å². The van der Waals surface area contributed by atoms with E-state index in [1.54, 1.807) is 6.07 Å². The second kappa shape index (κ2) is 10.6. The Hall–Kier alpha value is -2.92. The minimum Gasteiger partial charge on any atom is -0.489 e. The lowest BCUT2D eigenvalue weighted by Gasteiger charge is -2.25. The lowest BCUT2D eigenvalue weighted by molar-refractivity contribution is -0.139. The van der Waals surface area contributed by atoms with Crippen LogP contribution >= 0.6 is 11.8 Å². The van der Waals surface area contributed by atoms with Gasteiger partial charge in [-0.3, -0.25) is 0 Å². The maximum atomic E-state index is 10.8. The largest absolute Gasteiger partial charge is 0.489 e. The average molecular weight is 449 g/mol. The second-order valence-corrected chi connectivity index (χ2v) is 9.51. The number of hydrogen-bond acceptors (Lipinski definition) is 4. The topological polar surface area (TPSA) is 55.8 Å². The van der Waals surface area contributed by atoms with E-state index in [4.69, 9.17) is 14.6 Å². The van der Waals surface area contributed by atoms with Crippen molar-refractivity contribution in [1.29, 1.82) is 0 Å². The van der Waals surface area contributed by atoms with Gasteiger partial charge in [-0.15, -0.1) is 0 Å². The van der Waals surface area contributed by atoms with Crippen LogP contribution in [0.1, 0.15) is 41.9 Å². The molecule has 0 aromatic heterocycles. The summed E-state index contributed by atoms with van der Waals surface area (Å²) < 4.78 is 11.3. The van der Waals surface area contributed by atoms with E-state index in [2.05, 4.69) is 73.7 Å². The van der Waals surface area contributed by atoms with Gasteiger partial charge in [0, 0.05) is 22.6 Å². The number of aliphatic carboxylic acids is 1. The molecule has 0 radical (unpaired) electrons. The van der Waals surface area contributed by atoms with Gasteiger partial charge in [0.2, 0.25) is 0 Å². The summed E-state index contributed by atoms with van der Waals surface area (Å²) in [7, 11) is 0. The summed E-state index contributed by atoms with van der Waals surface area (Å²) in [6.07, 6.45) is 1.00. The molecule has 0 saturated carbocycles. The summed E-state index contributed by atoms with van der Waals surface area (Å²) in [5, 5.41) is 9.31. The van der Waals surface area contributed by atoms with Gasteiger partial charge in [-0.1, -0.05) is 79.7 Å². The van der Waals surface area contributed by atoms with Crippen molar-refractivity contribution in [2.24, 2.45) is 0 Å². The third-order valence-corrected chi connectivity index (χ3v) is 7.13.